The van der Waals surface area contributed by atoms with Crippen LogP contribution in [-0.2, 0) is 9.59 Å². The second kappa shape index (κ2) is 4.65. The van der Waals surface area contributed by atoms with Gasteiger partial charge in [-0.15, -0.1) is 0 Å². The molecule has 2 N–H and O–H groups in total. The van der Waals surface area contributed by atoms with Crippen LogP contribution in [0.3, 0.4) is 0 Å². The summed E-state index contributed by atoms with van der Waals surface area (Å²) in [7, 11) is 0. The molecular weight excluding hydrogens is 203 g/mol. The summed E-state index contributed by atoms with van der Waals surface area (Å²) < 4.78 is 12.5. The molecule has 0 radical (unpaired) electrons. The van der Waals surface area contributed by atoms with Gasteiger partial charge in [0.1, 0.15) is 5.82 Å². The number of carboxylic acids is 1. The highest BCUT2D eigenvalue weighted by molar-refractivity contribution is 6.32. The van der Waals surface area contributed by atoms with E-state index in [0.29, 0.717) is 5.56 Å². The molecule has 0 aliphatic heterocycles. The first-order valence-electron chi connectivity index (χ1n) is 4.20. The maximum Gasteiger partial charge on any atom is 0.372 e. The number of carboxylic acid groups (broad SMARTS) is 1. The average molecular weight is 212 g/mol. The maximum absolute atomic E-state index is 12.5. The fourth-order valence-corrected chi connectivity index (χ4v) is 1.07. The summed E-state index contributed by atoms with van der Waals surface area (Å²) in [5.41, 5.74) is 0.311. The Bertz CT molecular complexity index is 372. The monoisotopic (exact) mass is 212 g/mol. The standard InChI is InChI=1S/C10H9FO4/c11-7-3-1-6(2-4-7)8(12)5-9(13)10(14)15/h1-4,8,12H,5H2,(H,14,15). The third-order valence-corrected chi connectivity index (χ3v) is 1.87. The molecule has 0 bridgehead atoms. The van der Waals surface area contributed by atoms with E-state index in [0.717, 1.165) is 12.1 Å². The number of aliphatic hydroxyl groups excluding tert-OH is 1. The Morgan fingerprint density at radius 1 is 1.27 bits per heavy atom. The summed E-state index contributed by atoms with van der Waals surface area (Å²) >= 11 is 0. The fraction of sp³-hybridized carbons (Fsp3) is 0.200. The second-order valence-electron chi connectivity index (χ2n) is 3.00. The van der Waals surface area contributed by atoms with Crippen LogP contribution in [0.15, 0.2) is 24.3 Å². The lowest BCUT2D eigenvalue weighted by Gasteiger charge is -2.08. The number of benzene rings is 1. The number of aliphatic hydroxyl groups is 1. The number of Topliss-reactive ketones (excluding diaryl/α,β-unsaturated/α-hetero) is 1. The molecule has 0 aromatic heterocycles. The molecule has 0 amide bonds. The highest BCUT2D eigenvalue weighted by atomic mass is 19.1. The molecule has 0 aliphatic carbocycles. The van der Waals surface area contributed by atoms with Crippen LogP contribution in [0.4, 0.5) is 4.39 Å². The van der Waals surface area contributed by atoms with Crippen molar-refractivity contribution in [2.45, 2.75) is 12.5 Å². The van der Waals surface area contributed by atoms with E-state index in [9.17, 15) is 19.1 Å². The van der Waals surface area contributed by atoms with Crippen LogP contribution >= 0.6 is 0 Å². The van der Waals surface area contributed by atoms with Crippen molar-refractivity contribution in [1.29, 1.82) is 0 Å². The summed E-state index contributed by atoms with van der Waals surface area (Å²) in [6.45, 7) is 0. The van der Waals surface area contributed by atoms with Gasteiger partial charge in [-0.3, -0.25) is 4.79 Å². The van der Waals surface area contributed by atoms with E-state index in [4.69, 9.17) is 5.11 Å². The van der Waals surface area contributed by atoms with Crippen LogP contribution in [0, 0.1) is 5.82 Å². The number of halogens is 1. The second-order valence-corrected chi connectivity index (χ2v) is 3.00. The van der Waals surface area contributed by atoms with E-state index in [1.807, 2.05) is 0 Å². The quantitative estimate of drug-likeness (QED) is 0.727. The van der Waals surface area contributed by atoms with E-state index in [2.05, 4.69) is 0 Å². The van der Waals surface area contributed by atoms with Gasteiger partial charge in [0.2, 0.25) is 5.78 Å². The van der Waals surface area contributed by atoms with E-state index < -0.39 is 30.1 Å². The Labute approximate surface area is 85.0 Å². The van der Waals surface area contributed by atoms with Gasteiger partial charge >= 0.3 is 5.97 Å². The molecule has 15 heavy (non-hydrogen) atoms. The normalized spacial score (nSPS) is 12.1. The van der Waals surface area contributed by atoms with Crippen molar-refractivity contribution in [3.05, 3.63) is 35.6 Å². The number of carbonyl (C=O) groups excluding carboxylic acids is 1. The number of carbonyl (C=O) groups is 2. The lowest BCUT2D eigenvalue weighted by molar-refractivity contribution is -0.150. The summed E-state index contributed by atoms with van der Waals surface area (Å²) in [4.78, 5) is 21.0. The molecule has 0 fully saturated rings. The minimum absolute atomic E-state index is 0.311. The first-order chi connectivity index (χ1) is 7.00. The number of hydrogen-bond acceptors (Lipinski definition) is 3. The summed E-state index contributed by atoms with van der Waals surface area (Å²) in [5, 5.41) is 17.7. The van der Waals surface area contributed by atoms with Crippen molar-refractivity contribution in [3.8, 4) is 0 Å². The van der Waals surface area contributed by atoms with Crippen molar-refractivity contribution in [2.75, 3.05) is 0 Å². The molecule has 0 spiro atoms. The van der Waals surface area contributed by atoms with Gasteiger partial charge in [0.25, 0.3) is 0 Å². The number of hydrogen-bond donors (Lipinski definition) is 2. The zero-order chi connectivity index (χ0) is 11.4. The molecule has 1 rings (SSSR count). The third kappa shape index (κ3) is 3.14. The van der Waals surface area contributed by atoms with Crippen molar-refractivity contribution >= 4 is 11.8 Å². The third-order valence-electron chi connectivity index (χ3n) is 1.87. The van der Waals surface area contributed by atoms with Crippen LogP contribution in [0.5, 0.6) is 0 Å². The number of rotatable bonds is 4. The lowest BCUT2D eigenvalue weighted by Crippen LogP contribution is -2.16. The predicted octanol–water partition coefficient (Wildman–Crippen LogP) is 0.903. The highest BCUT2D eigenvalue weighted by Gasteiger charge is 2.18. The minimum atomic E-state index is -1.59. The van der Waals surface area contributed by atoms with Gasteiger partial charge < -0.3 is 10.2 Å². The van der Waals surface area contributed by atoms with E-state index in [-0.39, 0.29) is 0 Å². The predicted molar refractivity (Wildman–Crippen MR) is 48.6 cm³/mol. The minimum Gasteiger partial charge on any atom is -0.475 e. The van der Waals surface area contributed by atoms with Gasteiger partial charge in [0.15, 0.2) is 0 Å². The molecule has 4 nitrogen and oxygen atoms in total. The molecule has 0 aliphatic rings. The highest BCUT2D eigenvalue weighted by Crippen LogP contribution is 2.17. The van der Waals surface area contributed by atoms with Gasteiger partial charge in [-0.2, -0.15) is 0 Å². The molecular formula is C10H9FO4. The van der Waals surface area contributed by atoms with E-state index in [1.165, 1.54) is 12.1 Å². The molecule has 5 heteroatoms. The first-order valence-corrected chi connectivity index (χ1v) is 4.20. The summed E-state index contributed by atoms with van der Waals surface area (Å²) in [6.07, 6.45) is -1.73. The van der Waals surface area contributed by atoms with Gasteiger partial charge in [-0.25, -0.2) is 9.18 Å². The topological polar surface area (TPSA) is 74.6 Å². The largest absolute Gasteiger partial charge is 0.475 e. The van der Waals surface area contributed by atoms with Crippen molar-refractivity contribution in [1.82, 2.24) is 0 Å². The smallest absolute Gasteiger partial charge is 0.372 e. The fourth-order valence-electron chi connectivity index (χ4n) is 1.07. The number of ketones is 1. The Morgan fingerprint density at radius 2 is 1.80 bits per heavy atom. The van der Waals surface area contributed by atoms with Gasteiger partial charge in [0, 0.05) is 6.42 Å². The maximum atomic E-state index is 12.5. The van der Waals surface area contributed by atoms with Crippen LogP contribution < -0.4 is 0 Å². The molecule has 80 valence electrons. The molecule has 1 unspecified atom stereocenters. The average Bonchev–Trinajstić information content (AvgIpc) is 2.18. The first kappa shape index (κ1) is 11.3. The molecule has 1 aromatic rings. The molecule has 1 aromatic carbocycles. The molecule has 1 atom stereocenters. The Kier molecular flexibility index (Phi) is 3.51. The van der Waals surface area contributed by atoms with Crippen LogP contribution in [0.25, 0.3) is 0 Å². The van der Waals surface area contributed by atoms with Crippen LogP contribution in [0.1, 0.15) is 18.1 Å². The van der Waals surface area contributed by atoms with Crippen molar-refractivity contribution in [2.24, 2.45) is 0 Å². The Hall–Kier alpha value is -1.75. The summed E-state index contributed by atoms with van der Waals surface area (Å²) in [6, 6.07) is 4.86. The Morgan fingerprint density at radius 3 is 2.27 bits per heavy atom. The van der Waals surface area contributed by atoms with Crippen molar-refractivity contribution in [3.63, 3.8) is 0 Å². The summed E-state index contributed by atoms with van der Waals surface area (Å²) in [5.74, 6) is -3.13. The van der Waals surface area contributed by atoms with Gasteiger partial charge in [0.05, 0.1) is 6.10 Å². The lowest BCUT2D eigenvalue weighted by atomic mass is 10.0. The van der Waals surface area contributed by atoms with E-state index in [1.54, 1.807) is 0 Å². The van der Waals surface area contributed by atoms with Gasteiger partial charge in [-0.1, -0.05) is 12.1 Å². The molecule has 0 heterocycles. The van der Waals surface area contributed by atoms with Crippen molar-refractivity contribution < 1.29 is 24.2 Å². The van der Waals surface area contributed by atoms with Gasteiger partial charge in [-0.05, 0) is 17.7 Å². The molecule has 0 saturated heterocycles. The van der Waals surface area contributed by atoms with E-state index >= 15 is 0 Å². The zero-order valence-electron chi connectivity index (χ0n) is 7.68. The Balaban J connectivity index is 2.69. The zero-order valence-corrected chi connectivity index (χ0v) is 7.68. The molecule has 0 saturated carbocycles. The van der Waals surface area contributed by atoms with Crippen LogP contribution in [-0.4, -0.2) is 22.0 Å². The number of aliphatic carboxylic acids is 1. The van der Waals surface area contributed by atoms with Crippen LogP contribution in [0.2, 0.25) is 0 Å². The SMILES string of the molecule is O=C(O)C(=O)CC(O)c1ccc(F)cc1.